The van der Waals surface area contributed by atoms with Gasteiger partial charge in [-0.1, -0.05) is 0 Å². The van der Waals surface area contributed by atoms with Crippen molar-refractivity contribution in [3.63, 3.8) is 0 Å². The van der Waals surface area contributed by atoms with Crippen LogP contribution < -0.4 is 10.6 Å². The summed E-state index contributed by atoms with van der Waals surface area (Å²) in [5.74, 6) is 0.451. The number of hydrogen-bond donors (Lipinski definition) is 2. The zero-order valence-corrected chi connectivity index (χ0v) is 23.1. The summed E-state index contributed by atoms with van der Waals surface area (Å²) < 4.78 is 8.54. The minimum absolute atomic E-state index is 0.121. The van der Waals surface area contributed by atoms with Gasteiger partial charge in [0.15, 0.2) is 0 Å². The van der Waals surface area contributed by atoms with Crippen molar-refractivity contribution in [3.05, 3.63) is 45.6 Å². The molecule has 1 atom stereocenters. The quantitative estimate of drug-likeness (QED) is 0.468. The topological polar surface area (TPSA) is 112 Å². The molecule has 0 radical (unpaired) electrons. The molecule has 2 aliphatic rings. The van der Waals surface area contributed by atoms with E-state index in [0.29, 0.717) is 50.8 Å². The fraction of sp³-hybridized carbons (Fsp3) is 0.500. The summed E-state index contributed by atoms with van der Waals surface area (Å²) in [4.78, 5) is 45.2. The number of aromatic nitrogens is 2. The van der Waals surface area contributed by atoms with Crippen LogP contribution in [0.3, 0.4) is 0 Å². The van der Waals surface area contributed by atoms with E-state index in [0.717, 1.165) is 9.26 Å². The van der Waals surface area contributed by atoms with Gasteiger partial charge in [0.1, 0.15) is 11.9 Å². The standard InChI is InChI=1S/C24H32IN7O4/c1-5-36-24(3,4)20(28-22(34)27-18-8-6-17(25)7-9-18)21(33)29-10-12-30(13-11-29)31-15-19-14-26-16(2)32(19)23(31)35/h6-9,14,20H,5,10-13,15H2,1-4H3,(H2,27,28,34). The monoisotopic (exact) mass is 609 g/mol. The first-order valence-corrected chi connectivity index (χ1v) is 13.0. The molecule has 3 heterocycles. The lowest BCUT2D eigenvalue weighted by molar-refractivity contribution is -0.145. The zero-order valence-electron chi connectivity index (χ0n) is 21.0. The minimum Gasteiger partial charge on any atom is -0.373 e. The van der Waals surface area contributed by atoms with Crippen molar-refractivity contribution in [2.45, 2.75) is 45.9 Å². The van der Waals surface area contributed by atoms with Crippen molar-refractivity contribution < 1.29 is 19.1 Å². The predicted octanol–water partition coefficient (Wildman–Crippen LogP) is 2.64. The molecule has 2 aliphatic heterocycles. The Morgan fingerprint density at radius 1 is 1.17 bits per heavy atom. The number of nitrogens with zero attached hydrogens (tertiary/aromatic N) is 5. The molecule has 1 aromatic carbocycles. The van der Waals surface area contributed by atoms with Crippen LogP contribution in [0, 0.1) is 10.5 Å². The Hall–Kier alpha value is -2.71. The molecule has 1 aromatic heterocycles. The lowest BCUT2D eigenvalue weighted by Gasteiger charge is -2.42. The molecule has 4 rings (SSSR count). The first kappa shape index (κ1) is 26.4. The van der Waals surface area contributed by atoms with E-state index < -0.39 is 17.7 Å². The van der Waals surface area contributed by atoms with Gasteiger partial charge in [0.25, 0.3) is 0 Å². The number of hydrogen-bond acceptors (Lipinski definition) is 6. The van der Waals surface area contributed by atoms with Gasteiger partial charge in [-0.15, -0.1) is 0 Å². The first-order valence-electron chi connectivity index (χ1n) is 12.0. The number of halogens is 1. The van der Waals surface area contributed by atoms with Crippen molar-refractivity contribution in [1.29, 1.82) is 0 Å². The number of imidazole rings is 1. The number of anilines is 1. The molecule has 0 saturated carbocycles. The maximum atomic E-state index is 13.6. The third kappa shape index (κ3) is 5.49. The predicted molar refractivity (Wildman–Crippen MR) is 142 cm³/mol. The van der Waals surface area contributed by atoms with Crippen LogP contribution in [0.15, 0.2) is 30.5 Å². The second-order valence-electron chi connectivity index (χ2n) is 9.33. The molecule has 12 heteroatoms. The average molecular weight is 609 g/mol. The number of ether oxygens (including phenoxy) is 1. The highest BCUT2D eigenvalue weighted by atomic mass is 127. The Morgan fingerprint density at radius 2 is 1.83 bits per heavy atom. The molecule has 0 aliphatic carbocycles. The van der Waals surface area contributed by atoms with E-state index in [2.05, 4.69) is 38.2 Å². The highest BCUT2D eigenvalue weighted by molar-refractivity contribution is 14.1. The fourth-order valence-electron chi connectivity index (χ4n) is 4.58. The van der Waals surface area contributed by atoms with E-state index >= 15 is 0 Å². The summed E-state index contributed by atoms with van der Waals surface area (Å²) in [6, 6.07) is 5.90. The molecule has 11 nitrogen and oxygen atoms in total. The van der Waals surface area contributed by atoms with E-state index in [9.17, 15) is 14.4 Å². The van der Waals surface area contributed by atoms with Crippen LogP contribution in [0.25, 0.3) is 0 Å². The van der Waals surface area contributed by atoms with Crippen LogP contribution in [-0.2, 0) is 16.1 Å². The Labute approximate surface area is 224 Å². The summed E-state index contributed by atoms with van der Waals surface area (Å²) in [5.41, 5.74) is 0.566. The summed E-state index contributed by atoms with van der Waals surface area (Å²) >= 11 is 2.19. The van der Waals surface area contributed by atoms with Crippen LogP contribution in [0.2, 0.25) is 0 Å². The number of piperazine rings is 1. The van der Waals surface area contributed by atoms with Crippen molar-refractivity contribution in [3.8, 4) is 0 Å². The lowest BCUT2D eigenvalue weighted by atomic mass is 9.96. The molecular weight excluding hydrogens is 577 g/mol. The smallest absolute Gasteiger partial charge is 0.344 e. The van der Waals surface area contributed by atoms with Crippen LogP contribution in [0.5, 0.6) is 0 Å². The normalized spacial score (nSPS) is 17.2. The van der Waals surface area contributed by atoms with E-state index in [1.165, 1.54) is 0 Å². The van der Waals surface area contributed by atoms with Gasteiger partial charge in [0, 0.05) is 42.0 Å². The molecule has 4 amide bonds. The molecule has 0 spiro atoms. The van der Waals surface area contributed by atoms with Crippen LogP contribution in [0.4, 0.5) is 15.3 Å². The van der Waals surface area contributed by atoms with Crippen molar-refractivity contribution >= 4 is 46.2 Å². The maximum absolute atomic E-state index is 13.6. The first-order chi connectivity index (χ1) is 17.1. The van der Waals surface area contributed by atoms with Gasteiger partial charge in [0.05, 0.1) is 24.0 Å². The highest BCUT2D eigenvalue weighted by Crippen LogP contribution is 2.23. The lowest BCUT2D eigenvalue weighted by Crippen LogP contribution is -2.63. The van der Waals surface area contributed by atoms with E-state index in [1.54, 1.807) is 46.7 Å². The van der Waals surface area contributed by atoms with Crippen molar-refractivity contribution in [1.82, 2.24) is 29.8 Å². The number of rotatable bonds is 7. The van der Waals surface area contributed by atoms with Crippen LogP contribution in [-0.4, -0.2) is 86.9 Å². The Bertz CT molecular complexity index is 1130. The van der Waals surface area contributed by atoms with Gasteiger partial charge in [-0.25, -0.2) is 24.1 Å². The van der Waals surface area contributed by atoms with Gasteiger partial charge in [-0.3, -0.25) is 9.80 Å². The highest BCUT2D eigenvalue weighted by Gasteiger charge is 2.41. The SMILES string of the molecule is CCOC(C)(C)C(NC(=O)Nc1ccc(I)cc1)C(=O)N1CCN(N2Cc3cnc(C)n3C2=O)CC1. The number of aryl methyl sites for hydroxylation is 1. The number of amides is 4. The molecular formula is C24H32IN7O4. The van der Waals surface area contributed by atoms with Crippen molar-refractivity contribution in [2.24, 2.45) is 0 Å². The molecule has 2 aromatic rings. The van der Waals surface area contributed by atoms with Gasteiger partial charge >= 0.3 is 12.1 Å². The summed E-state index contributed by atoms with van der Waals surface area (Å²) in [6.07, 6.45) is 1.72. The molecule has 1 unspecified atom stereocenters. The van der Waals surface area contributed by atoms with Crippen LogP contribution >= 0.6 is 22.6 Å². The van der Waals surface area contributed by atoms with Crippen molar-refractivity contribution in [2.75, 3.05) is 38.1 Å². The third-order valence-corrected chi connectivity index (χ3v) is 7.20. The third-order valence-electron chi connectivity index (χ3n) is 6.48. The Balaban J connectivity index is 1.40. The maximum Gasteiger partial charge on any atom is 0.344 e. The number of nitrogens with one attached hydrogen (secondary N) is 2. The molecule has 1 saturated heterocycles. The summed E-state index contributed by atoms with van der Waals surface area (Å²) in [6.45, 7) is 9.99. The Morgan fingerprint density at radius 3 is 2.44 bits per heavy atom. The van der Waals surface area contributed by atoms with Gasteiger partial charge in [-0.05, 0) is 74.6 Å². The second-order valence-corrected chi connectivity index (χ2v) is 10.6. The number of urea groups is 1. The number of fused-ring (bicyclic) bond motifs is 1. The van der Waals surface area contributed by atoms with Crippen LogP contribution in [0.1, 0.15) is 32.3 Å². The number of benzene rings is 1. The average Bonchev–Trinajstić information content (AvgIpc) is 3.38. The molecule has 194 valence electrons. The second kappa shape index (κ2) is 10.7. The Kier molecular flexibility index (Phi) is 7.85. The number of hydrazine groups is 1. The number of carbonyl (C=O) groups is 3. The molecule has 0 bridgehead atoms. The molecule has 36 heavy (non-hydrogen) atoms. The van der Waals surface area contributed by atoms with Gasteiger partial charge in [0.2, 0.25) is 5.91 Å². The minimum atomic E-state index is -0.925. The fourth-order valence-corrected chi connectivity index (χ4v) is 4.94. The summed E-state index contributed by atoms with van der Waals surface area (Å²) in [5, 5.41) is 9.30. The van der Waals surface area contributed by atoms with Gasteiger partial charge < -0.3 is 20.3 Å². The molecule has 1 fully saturated rings. The van der Waals surface area contributed by atoms with Gasteiger partial charge in [-0.2, -0.15) is 0 Å². The number of carbonyl (C=O) groups excluding carboxylic acids is 3. The zero-order chi connectivity index (χ0) is 26.0. The van der Waals surface area contributed by atoms with E-state index in [-0.39, 0.29) is 11.9 Å². The largest absolute Gasteiger partial charge is 0.373 e. The molecule has 2 N–H and O–H groups in total. The summed E-state index contributed by atoms with van der Waals surface area (Å²) in [7, 11) is 0. The van der Waals surface area contributed by atoms with E-state index in [1.807, 2.05) is 31.0 Å². The van der Waals surface area contributed by atoms with E-state index in [4.69, 9.17) is 4.74 Å².